The molecule has 2 aromatic heterocycles. The first-order valence-electron chi connectivity index (χ1n) is 7.48. The Balaban J connectivity index is 1.87. The molecule has 4 nitrogen and oxygen atoms in total. The highest BCUT2D eigenvalue weighted by molar-refractivity contribution is 5.46. The molecule has 0 atom stereocenters. The predicted molar refractivity (Wildman–Crippen MR) is 89.3 cm³/mol. The first-order chi connectivity index (χ1) is 10.7. The molecule has 0 bridgehead atoms. The third kappa shape index (κ3) is 2.86. The molecule has 1 aromatic carbocycles. The normalized spacial score (nSPS) is 10.8. The molecule has 0 unspecified atom stereocenters. The number of anilines is 1. The molecule has 0 saturated carbocycles. The molecule has 3 rings (SSSR count). The second-order valence-corrected chi connectivity index (χ2v) is 5.35. The number of hydrogen-bond donors (Lipinski definition) is 1. The van der Waals surface area contributed by atoms with Gasteiger partial charge in [-0.15, -0.1) is 0 Å². The van der Waals surface area contributed by atoms with Crippen molar-refractivity contribution in [2.75, 3.05) is 5.32 Å². The summed E-state index contributed by atoms with van der Waals surface area (Å²) in [6.07, 6.45) is 1.00. The van der Waals surface area contributed by atoms with Gasteiger partial charge in [0.25, 0.3) is 5.56 Å². The summed E-state index contributed by atoms with van der Waals surface area (Å²) in [6, 6.07) is 15.6. The number of nitrogens with one attached hydrogen (secondary N) is 1. The van der Waals surface area contributed by atoms with Crippen LogP contribution >= 0.6 is 0 Å². The smallest absolute Gasteiger partial charge is 0.258 e. The second-order valence-electron chi connectivity index (χ2n) is 5.35. The van der Waals surface area contributed by atoms with Crippen LogP contribution in [0.3, 0.4) is 0 Å². The number of hydrogen-bond acceptors (Lipinski definition) is 3. The van der Waals surface area contributed by atoms with Crippen molar-refractivity contribution in [3.8, 4) is 0 Å². The topological polar surface area (TPSA) is 46.4 Å². The van der Waals surface area contributed by atoms with Gasteiger partial charge in [0, 0.05) is 17.4 Å². The maximum absolute atomic E-state index is 12.2. The lowest BCUT2D eigenvalue weighted by Gasteiger charge is -2.09. The first kappa shape index (κ1) is 14.3. The van der Waals surface area contributed by atoms with Crippen LogP contribution in [0.5, 0.6) is 0 Å². The van der Waals surface area contributed by atoms with Gasteiger partial charge in [0.15, 0.2) is 0 Å². The van der Waals surface area contributed by atoms with Crippen molar-refractivity contribution in [2.45, 2.75) is 26.8 Å². The van der Waals surface area contributed by atoms with Gasteiger partial charge in [-0.1, -0.05) is 25.1 Å². The molecular weight excluding hydrogens is 274 g/mol. The summed E-state index contributed by atoms with van der Waals surface area (Å²) in [7, 11) is 0. The summed E-state index contributed by atoms with van der Waals surface area (Å²) in [6.45, 7) is 4.57. The number of benzene rings is 1. The van der Waals surface area contributed by atoms with Gasteiger partial charge in [-0.2, -0.15) is 0 Å². The van der Waals surface area contributed by atoms with Gasteiger partial charge in [0.2, 0.25) is 0 Å². The summed E-state index contributed by atoms with van der Waals surface area (Å²) >= 11 is 0. The van der Waals surface area contributed by atoms with E-state index in [1.165, 1.54) is 5.56 Å². The van der Waals surface area contributed by atoms with E-state index in [2.05, 4.69) is 29.4 Å². The third-order valence-corrected chi connectivity index (χ3v) is 3.74. The molecule has 0 amide bonds. The van der Waals surface area contributed by atoms with Crippen LogP contribution in [0.15, 0.2) is 53.3 Å². The van der Waals surface area contributed by atoms with E-state index in [0.717, 1.165) is 23.5 Å². The van der Waals surface area contributed by atoms with Crippen LogP contribution in [0.4, 0.5) is 5.69 Å². The number of aryl methyl sites for hydroxylation is 2. The SMILES string of the molecule is CCc1cccc(NCc2cc(=O)n3c(C)cccc3n2)c1. The summed E-state index contributed by atoms with van der Waals surface area (Å²) < 4.78 is 1.63. The van der Waals surface area contributed by atoms with Crippen molar-refractivity contribution in [3.63, 3.8) is 0 Å². The van der Waals surface area contributed by atoms with E-state index in [-0.39, 0.29) is 5.56 Å². The van der Waals surface area contributed by atoms with E-state index in [4.69, 9.17) is 0 Å². The highest BCUT2D eigenvalue weighted by atomic mass is 16.1. The van der Waals surface area contributed by atoms with Gasteiger partial charge in [-0.05, 0) is 43.2 Å². The van der Waals surface area contributed by atoms with Gasteiger partial charge < -0.3 is 5.32 Å². The quantitative estimate of drug-likeness (QED) is 0.803. The molecule has 1 N–H and O–H groups in total. The summed E-state index contributed by atoms with van der Waals surface area (Å²) in [5, 5.41) is 3.33. The Morgan fingerprint density at radius 3 is 2.77 bits per heavy atom. The zero-order valence-corrected chi connectivity index (χ0v) is 12.8. The van der Waals surface area contributed by atoms with Gasteiger partial charge in [0.1, 0.15) is 5.65 Å². The number of pyridine rings is 1. The van der Waals surface area contributed by atoms with E-state index in [1.54, 1.807) is 10.5 Å². The average Bonchev–Trinajstić information content (AvgIpc) is 2.53. The zero-order chi connectivity index (χ0) is 15.5. The van der Waals surface area contributed by atoms with Crippen molar-refractivity contribution >= 4 is 11.3 Å². The fraction of sp³-hybridized carbons (Fsp3) is 0.222. The van der Waals surface area contributed by atoms with Crippen molar-refractivity contribution in [1.29, 1.82) is 0 Å². The van der Waals surface area contributed by atoms with E-state index in [9.17, 15) is 4.79 Å². The molecule has 3 aromatic rings. The standard InChI is InChI=1S/C18H19N3O/c1-3-14-7-5-8-15(10-14)19-12-16-11-18(22)21-13(2)6-4-9-17(21)20-16/h4-11,19H,3,12H2,1-2H3. The fourth-order valence-corrected chi connectivity index (χ4v) is 2.55. The number of rotatable bonds is 4. The van der Waals surface area contributed by atoms with Crippen LogP contribution in [-0.2, 0) is 13.0 Å². The van der Waals surface area contributed by atoms with Gasteiger partial charge in [0.05, 0.1) is 12.2 Å². The minimum atomic E-state index is -0.0396. The predicted octanol–water partition coefficient (Wildman–Crippen LogP) is 3.18. The Morgan fingerprint density at radius 2 is 1.95 bits per heavy atom. The molecule has 0 radical (unpaired) electrons. The lowest BCUT2D eigenvalue weighted by atomic mass is 10.1. The third-order valence-electron chi connectivity index (χ3n) is 3.74. The molecule has 0 spiro atoms. The molecule has 0 aliphatic carbocycles. The summed E-state index contributed by atoms with van der Waals surface area (Å²) in [5.41, 5.74) is 4.62. The lowest BCUT2D eigenvalue weighted by Crippen LogP contribution is -2.18. The van der Waals surface area contributed by atoms with E-state index < -0.39 is 0 Å². The Morgan fingerprint density at radius 1 is 1.14 bits per heavy atom. The number of aromatic nitrogens is 2. The minimum absolute atomic E-state index is 0.0396. The summed E-state index contributed by atoms with van der Waals surface area (Å²) in [5.74, 6) is 0. The Kier molecular flexibility index (Phi) is 3.92. The summed E-state index contributed by atoms with van der Waals surface area (Å²) in [4.78, 5) is 16.8. The van der Waals surface area contributed by atoms with Crippen molar-refractivity contribution in [3.05, 3.63) is 75.8 Å². The van der Waals surface area contributed by atoms with Gasteiger partial charge in [-0.3, -0.25) is 9.20 Å². The number of fused-ring (bicyclic) bond motifs is 1. The second kappa shape index (κ2) is 6.02. The Labute approximate surface area is 129 Å². The van der Waals surface area contributed by atoms with Crippen LogP contribution in [0, 0.1) is 6.92 Å². The van der Waals surface area contributed by atoms with Crippen molar-refractivity contribution in [1.82, 2.24) is 9.38 Å². The monoisotopic (exact) mass is 293 g/mol. The lowest BCUT2D eigenvalue weighted by molar-refractivity contribution is 0.943. The van der Waals surface area contributed by atoms with Crippen LogP contribution < -0.4 is 10.9 Å². The number of nitrogens with zero attached hydrogens (tertiary/aromatic N) is 2. The minimum Gasteiger partial charge on any atom is -0.379 e. The Hall–Kier alpha value is -2.62. The highest BCUT2D eigenvalue weighted by Crippen LogP contribution is 2.12. The maximum Gasteiger partial charge on any atom is 0.258 e. The molecule has 2 heterocycles. The molecular formula is C18H19N3O. The van der Waals surface area contributed by atoms with Crippen LogP contribution in [0.25, 0.3) is 5.65 Å². The highest BCUT2D eigenvalue weighted by Gasteiger charge is 2.04. The zero-order valence-electron chi connectivity index (χ0n) is 12.8. The Bertz CT molecular complexity index is 868. The van der Waals surface area contributed by atoms with Crippen LogP contribution in [-0.4, -0.2) is 9.38 Å². The van der Waals surface area contributed by atoms with Gasteiger partial charge in [-0.25, -0.2) is 4.98 Å². The van der Waals surface area contributed by atoms with E-state index >= 15 is 0 Å². The molecule has 22 heavy (non-hydrogen) atoms. The van der Waals surface area contributed by atoms with E-state index in [1.807, 2.05) is 37.3 Å². The molecule has 0 fully saturated rings. The molecule has 112 valence electrons. The van der Waals surface area contributed by atoms with Crippen molar-refractivity contribution < 1.29 is 0 Å². The molecule has 0 saturated heterocycles. The molecule has 4 heteroatoms. The first-order valence-corrected chi connectivity index (χ1v) is 7.48. The average molecular weight is 293 g/mol. The van der Waals surface area contributed by atoms with E-state index in [0.29, 0.717) is 12.2 Å². The fourth-order valence-electron chi connectivity index (χ4n) is 2.55. The largest absolute Gasteiger partial charge is 0.379 e. The van der Waals surface area contributed by atoms with Crippen molar-refractivity contribution in [2.24, 2.45) is 0 Å². The van der Waals surface area contributed by atoms with Crippen LogP contribution in [0.2, 0.25) is 0 Å². The maximum atomic E-state index is 12.2. The van der Waals surface area contributed by atoms with Crippen LogP contribution in [0.1, 0.15) is 23.9 Å². The molecule has 0 aliphatic rings. The molecule has 0 aliphatic heterocycles. The van der Waals surface area contributed by atoms with Gasteiger partial charge >= 0.3 is 0 Å².